The van der Waals surface area contributed by atoms with E-state index in [2.05, 4.69) is 15.0 Å². The van der Waals surface area contributed by atoms with Crippen molar-refractivity contribution in [1.82, 2.24) is 10.2 Å². The third-order valence-corrected chi connectivity index (χ3v) is 2.09. The van der Waals surface area contributed by atoms with Crippen LogP contribution in [0.2, 0.25) is 0 Å². The van der Waals surface area contributed by atoms with E-state index in [1.54, 1.807) is 13.0 Å². The molecule has 0 atom stereocenters. The highest BCUT2D eigenvalue weighted by molar-refractivity contribution is 5.62. The molecule has 4 heteroatoms. The van der Waals surface area contributed by atoms with Crippen molar-refractivity contribution in [3.05, 3.63) is 41.1 Å². The minimum absolute atomic E-state index is 0.493. The lowest BCUT2D eigenvalue weighted by Gasteiger charge is -1.99. The lowest BCUT2D eigenvalue weighted by Crippen LogP contribution is -1.80. The van der Waals surface area contributed by atoms with Gasteiger partial charge >= 0.3 is 0 Å². The predicted octanol–water partition coefficient (Wildman–Crippen LogP) is 2.90. The number of rotatable bonds is 1. The van der Waals surface area contributed by atoms with Crippen LogP contribution in [0, 0.1) is 20.4 Å². The number of hydrogen-bond acceptors (Lipinski definition) is 3. The molecule has 0 spiro atoms. The van der Waals surface area contributed by atoms with E-state index in [0.717, 1.165) is 11.1 Å². The summed E-state index contributed by atoms with van der Waals surface area (Å²) < 4.78 is 5.30. The van der Waals surface area contributed by atoms with Crippen LogP contribution in [0.4, 0.5) is 5.69 Å². The molecule has 0 N–H and O–H groups in total. The quantitative estimate of drug-likeness (QED) is 0.663. The van der Waals surface area contributed by atoms with Gasteiger partial charge in [0.25, 0.3) is 0 Å². The monoisotopic (exact) mass is 199 g/mol. The van der Waals surface area contributed by atoms with Gasteiger partial charge in [0.1, 0.15) is 0 Å². The largest absolute Gasteiger partial charge is 0.421 e. The van der Waals surface area contributed by atoms with Crippen molar-refractivity contribution in [2.24, 2.45) is 0 Å². The number of hydrogen-bond donors (Lipinski definition) is 0. The van der Waals surface area contributed by atoms with Gasteiger partial charge in [-0.1, -0.05) is 18.2 Å². The zero-order chi connectivity index (χ0) is 10.8. The van der Waals surface area contributed by atoms with Gasteiger partial charge in [0, 0.05) is 12.5 Å². The third-order valence-electron chi connectivity index (χ3n) is 2.09. The normalized spacial score (nSPS) is 9.93. The topological polar surface area (TPSA) is 43.3 Å². The molecule has 0 aliphatic rings. The van der Waals surface area contributed by atoms with E-state index in [1.165, 1.54) is 0 Å². The molecule has 0 aliphatic carbocycles. The molecule has 2 aromatic rings. The number of benzene rings is 1. The van der Waals surface area contributed by atoms with Gasteiger partial charge in [-0.05, 0) is 12.5 Å². The van der Waals surface area contributed by atoms with E-state index in [4.69, 9.17) is 11.0 Å². The second-order valence-corrected chi connectivity index (χ2v) is 3.24. The summed E-state index contributed by atoms with van der Waals surface area (Å²) in [4.78, 5) is 3.39. The minimum atomic E-state index is 0.493. The van der Waals surface area contributed by atoms with Crippen molar-refractivity contribution in [1.29, 1.82) is 0 Å². The molecule has 4 nitrogen and oxygen atoms in total. The Labute approximate surface area is 87.4 Å². The van der Waals surface area contributed by atoms with Crippen LogP contribution >= 0.6 is 0 Å². The first-order valence-electron chi connectivity index (χ1n) is 4.49. The molecule has 1 aromatic heterocycles. The summed E-state index contributed by atoms with van der Waals surface area (Å²) in [5, 5.41) is 7.68. The fraction of sp³-hybridized carbons (Fsp3) is 0.182. The Bertz CT molecular complexity index is 537. The van der Waals surface area contributed by atoms with Crippen LogP contribution in [0.15, 0.2) is 22.6 Å². The van der Waals surface area contributed by atoms with Gasteiger partial charge < -0.3 is 4.42 Å². The lowest BCUT2D eigenvalue weighted by molar-refractivity contribution is 0.533. The Balaban J connectivity index is 2.48. The summed E-state index contributed by atoms with van der Waals surface area (Å²) in [6.07, 6.45) is 0. The molecular weight excluding hydrogens is 190 g/mol. The highest BCUT2D eigenvalue weighted by atomic mass is 16.4. The Morgan fingerprint density at radius 1 is 1.27 bits per heavy atom. The van der Waals surface area contributed by atoms with Gasteiger partial charge in [-0.2, -0.15) is 0 Å². The van der Waals surface area contributed by atoms with E-state index >= 15 is 0 Å². The third kappa shape index (κ3) is 1.72. The summed E-state index contributed by atoms with van der Waals surface area (Å²) in [5.74, 6) is 1.03. The first kappa shape index (κ1) is 9.41. The Kier molecular flexibility index (Phi) is 2.22. The zero-order valence-electron chi connectivity index (χ0n) is 8.48. The highest BCUT2D eigenvalue weighted by Crippen LogP contribution is 2.25. The maximum atomic E-state index is 6.94. The number of aryl methyl sites for hydroxylation is 2. The van der Waals surface area contributed by atoms with Crippen LogP contribution in [-0.4, -0.2) is 10.2 Å². The van der Waals surface area contributed by atoms with E-state index in [0.29, 0.717) is 17.5 Å². The van der Waals surface area contributed by atoms with Crippen molar-refractivity contribution >= 4 is 5.69 Å². The zero-order valence-corrected chi connectivity index (χ0v) is 8.48. The SMILES string of the molecule is [C-]#[N+]c1ccc(-c2nnc(C)o2)cc1C. The summed E-state index contributed by atoms with van der Waals surface area (Å²) in [7, 11) is 0. The predicted molar refractivity (Wildman–Crippen MR) is 55.5 cm³/mol. The van der Waals surface area contributed by atoms with E-state index in [1.807, 2.05) is 19.1 Å². The molecule has 0 unspecified atom stereocenters. The highest BCUT2D eigenvalue weighted by Gasteiger charge is 2.07. The molecule has 2 rings (SSSR count). The molecule has 0 saturated heterocycles. The smallest absolute Gasteiger partial charge is 0.247 e. The van der Waals surface area contributed by atoms with Crippen LogP contribution in [-0.2, 0) is 0 Å². The van der Waals surface area contributed by atoms with Crippen LogP contribution in [0.1, 0.15) is 11.5 Å². The van der Waals surface area contributed by atoms with Gasteiger partial charge in [-0.3, -0.25) is 0 Å². The van der Waals surface area contributed by atoms with Crippen molar-refractivity contribution in [3.63, 3.8) is 0 Å². The average molecular weight is 199 g/mol. The Hall–Kier alpha value is -2.15. The molecule has 1 heterocycles. The average Bonchev–Trinajstić information content (AvgIpc) is 2.65. The van der Waals surface area contributed by atoms with Crippen LogP contribution in [0.3, 0.4) is 0 Å². The summed E-state index contributed by atoms with van der Waals surface area (Å²) in [6.45, 7) is 10.6. The molecule has 0 amide bonds. The summed E-state index contributed by atoms with van der Waals surface area (Å²) in [5.41, 5.74) is 2.41. The molecule has 74 valence electrons. The van der Waals surface area contributed by atoms with E-state index in [-0.39, 0.29) is 0 Å². The maximum Gasteiger partial charge on any atom is 0.247 e. The summed E-state index contributed by atoms with van der Waals surface area (Å²) >= 11 is 0. The van der Waals surface area contributed by atoms with Gasteiger partial charge in [0.2, 0.25) is 11.8 Å². The summed E-state index contributed by atoms with van der Waals surface area (Å²) in [6, 6.07) is 5.45. The van der Waals surface area contributed by atoms with Crippen molar-refractivity contribution in [2.45, 2.75) is 13.8 Å². The molecule has 0 bridgehead atoms. The standard InChI is InChI=1S/C11H9N3O/c1-7-6-9(4-5-10(7)12-3)11-14-13-8(2)15-11/h4-6H,1-2H3. The lowest BCUT2D eigenvalue weighted by atomic mass is 10.1. The molecule has 0 radical (unpaired) electrons. The molecule has 0 fully saturated rings. The van der Waals surface area contributed by atoms with E-state index < -0.39 is 0 Å². The molecular formula is C11H9N3O. The van der Waals surface area contributed by atoms with Crippen LogP contribution in [0.5, 0.6) is 0 Å². The molecule has 1 aromatic carbocycles. The van der Waals surface area contributed by atoms with Gasteiger partial charge in [0.15, 0.2) is 5.69 Å². The van der Waals surface area contributed by atoms with Crippen LogP contribution in [0.25, 0.3) is 16.3 Å². The Morgan fingerprint density at radius 2 is 2.07 bits per heavy atom. The number of nitrogens with zero attached hydrogens (tertiary/aromatic N) is 3. The van der Waals surface area contributed by atoms with Gasteiger partial charge in [0.05, 0.1) is 6.57 Å². The fourth-order valence-corrected chi connectivity index (χ4v) is 1.33. The maximum absolute atomic E-state index is 6.94. The van der Waals surface area contributed by atoms with Gasteiger partial charge in [-0.15, -0.1) is 10.2 Å². The van der Waals surface area contributed by atoms with Crippen LogP contribution < -0.4 is 0 Å². The van der Waals surface area contributed by atoms with Crippen molar-refractivity contribution in [2.75, 3.05) is 0 Å². The minimum Gasteiger partial charge on any atom is -0.421 e. The van der Waals surface area contributed by atoms with Crippen molar-refractivity contribution in [3.8, 4) is 11.5 Å². The van der Waals surface area contributed by atoms with Gasteiger partial charge in [-0.25, -0.2) is 4.85 Å². The first-order chi connectivity index (χ1) is 7.20. The van der Waals surface area contributed by atoms with E-state index in [9.17, 15) is 0 Å². The molecule has 0 aliphatic heterocycles. The fourth-order valence-electron chi connectivity index (χ4n) is 1.33. The second-order valence-electron chi connectivity index (χ2n) is 3.24. The van der Waals surface area contributed by atoms with Crippen molar-refractivity contribution < 1.29 is 4.42 Å². The molecule has 15 heavy (non-hydrogen) atoms. The second kappa shape index (κ2) is 3.54. The molecule has 0 saturated carbocycles. The number of aromatic nitrogens is 2. The Morgan fingerprint density at radius 3 is 2.60 bits per heavy atom. The first-order valence-corrected chi connectivity index (χ1v) is 4.49.